The van der Waals surface area contributed by atoms with Crippen LogP contribution in [0.3, 0.4) is 0 Å². The van der Waals surface area contributed by atoms with Crippen LogP contribution in [0.1, 0.15) is 12.8 Å². The number of carbonyl (C=O) groups is 1. The van der Waals surface area contributed by atoms with Gasteiger partial charge in [0, 0.05) is 12.8 Å². The molecule has 72 valence electrons. The van der Waals surface area contributed by atoms with Crippen molar-refractivity contribution in [2.45, 2.75) is 23.4 Å². The molecule has 0 heterocycles. The van der Waals surface area contributed by atoms with Crippen LogP contribution in [0.4, 0.5) is 13.2 Å². The maximum Gasteiger partial charge on any atom is 0.369 e. The minimum absolute atomic E-state index is 0.803. The Hall–Kier alpha value is -0.160. The van der Waals surface area contributed by atoms with Gasteiger partial charge in [-0.05, 0) is 11.6 Å². The lowest BCUT2D eigenvalue weighted by Crippen LogP contribution is -2.34. The largest absolute Gasteiger partial charge is 0.481 e. The highest BCUT2D eigenvalue weighted by Gasteiger charge is 2.52. The minimum atomic E-state index is -4.26. The molecular formula is C5H5Cl2F3O2. The number of hydrogen-bond donors (Lipinski definition) is 1. The predicted molar refractivity (Wildman–Crippen MR) is 37.4 cm³/mol. The highest BCUT2D eigenvalue weighted by molar-refractivity contribution is 6.32. The van der Waals surface area contributed by atoms with Crippen LogP contribution < -0.4 is 0 Å². The fourth-order valence-electron chi connectivity index (χ4n) is 0.406. The number of carboxylic acids is 1. The molecule has 0 aromatic carbocycles. The molecule has 0 spiro atoms. The second kappa shape index (κ2) is 3.70. The SMILES string of the molecule is O=C(O)CCC(F)(Cl)C(F)(F)Cl. The van der Waals surface area contributed by atoms with Crippen LogP contribution in [0.15, 0.2) is 0 Å². The molecule has 0 radical (unpaired) electrons. The highest BCUT2D eigenvalue weighted by atomic mass is 35.5. The van der Waals surface area contributed by atoms with E-state index < -0.39 is 29.3 Å². The average Bonchev–Trinajstić information content (AvgIpc) is 1.81. The summed E-state index contributed by atoms with van der Waals surface area (Å²) in [6, 6.07) is 0. The molecule has 0 aliphatic heterocycles. The van der Waals surface area contributed by atoms with Gasteiger partial charge in [-0.2, -0.15) is 8.78 Å². The molecule has 0 saturated carbocycles. The predicted octanol–water partition coefficient (Wildman–Crippen LogP) is 2.59. The molecule has 0 aliphatic carbocycles. The molecule has 0 amide bonds. The van der Waals surface area contributed by atoms with Crippen LogP contribution in [0, 0.1) is 0 Å². The number of rotatable bonds is 4. The van der Waals surface area contributed by atoms with Gasteiger partial charge in [0.2, 0.25) is 0 Å². The average molecular weight is 225 g/mol. The smallest absolute Gasteiger partial charge is 0.369 e. The van der Waals surface area contributed by atoms with Gasteiger partial charge >= 0.3 is 11.4 Å². The number of aliphatic carboxylic acids is 1. The molecule has 1 atom stereocenters. The number of carboxylic acid groups (broad SMARTS) is 1. The first kappa shape index (κ1) is 11.8. The monoisotopic (exact) mass is 224 g/mol. The lowest BCUT2D eigenvalue weighted by molar-refractivity contribution is -0.138. The first-order valence-electron chi connectivity index (χ1n) is 2.83. The van der Waals surface area contributed by atoms with Crippen molar-refractivity contribution in [1.82, 2.24) is 0 Å². The molecule has 0 bridgehead atoms. The van der Waals surface area contributed by atoms with Gasteiger partial charge in [-0.1, -0.05) is 11.6 Å². The van der Waals surface area contributed by atoms with Crippen molar-refractivity contribution in [2.75, 3.05) is 0 Å². The maximum absolute atomic E-state index is 12.6. The number of hydrogen-bond acceptors (Lipinski definition) is 1. The zero-order chi connectivity index (χ0) is 9.99. The van der Waals surface area contributed by atoms with E-state index >= 15 is 0 Å². The molecule has 0 fully saturated rings. The van der Waals surface area contributed by atoms with Gasteiger partial charge in [0.05, 0.1) is 0 Å². The lowest BCUT2D eigenvalue weighted by atomic mass is 10.2. The first-order valence-corrected chi connectivity index (χ1v) is 3.59. The summed E-state index contributed by atoms with van der Waals surface area (Å²) >= 11 is 8.92. The van der Waals surface area contributed by atoms with E-state index in [2.05, 4.69) is 23.2 Å². The second-order valence-electron chi connectivity index (χ2n) is 2.10. The number of halogens is 5. The van der Waals surface area contributed by atoms with Gasteiger partial charge in [0.25, 0.3) is 5.13 Å². The van der Waals surface area contributed by atoms with Crippen LogP contribution in [-0.2, 0) is 4.79 Å². The summed E-state index contributed by atoms with van der Waals surface area (Å²) in [7, 11) is 0. The standard InChI is InChI=1S/C5H5Cl2F3O2/c6-4(8,5(7,9)10)2-1-3(11)12/h1-2H2,(H,11,12). The first-order chi connectivity index (χ1) is 5.17. The zero-order valence-corrected chi connectivity index (χ0v) is 7.17. The number of alkyl halides is 5. The topological polar surface area (TPSA) is 37.3 Å². The van der Waals surface area contributed by atoms with Gasteiger partial charge in [-0.15, -0.1) is 0 Å². The Morgan fingerprint density at radius 2 is 1.75 bits per heavy atom. The Labute approximate surface area is 76.3 Å². The van der Waals surface area contributed by atoms with Gasteiger partial charge in [0.1, 0.15) is 0 Å². The Morgan fingerprint density at radius 3 is 2.00 bits per heavy atom. The van der Waals surface area contributed by atoms with Crippen molar-refractivity contribution in [2.24, 2.45) is 0 Å². The van der Waals surface area contributed by atoms with Crippen molar-refractivity contribution < 1.29 is 23.1 Å². The Morgan fingerprint density at radius 1 is 1.33 bits per heavy atom. The van der Waals surface area contributed by atoms with Gasteiger partial charge in [-0.25, -0.2) is 4.39 Å². The fourth-order valence-corrected chi connectivity index (χ4v) is 0.595. The molecule has 0 rings (SSSR count). The molecule has 0 saturated heterocycles. The quantitative estimate of drug-likeness (QED) is 0.746. The summed E-state index contributed by atoms with van der Waals surface area (Å²) in [5.41, 5.74) is 0. The van der Waals surface area contributed by atoms with Crippen molar-refractivity contribution in [3.8, 4) is 0 Å². The fraction of sp³-hybridized carbons (Fsp3) is 0.800. The molecule has 0 aromatic heterocycles. The summed E-state index contributed by atoms with van der Waals surface area (Å²) in [5.74, 6) is -1.42. The third kappa shape index (κ3) is 3.49. The minimum Gasteiger partial charge on any atom is -0.481 e. The zero-order valence-electron chi connectivity index (χ0n) is 5.66. The lowest BCUT2D eigenvalue weighted by Gasteiger charge is -2.21. The van der Waals surface area contributed by atoms with Crippen molar-refractivity contribution in [1.29, 1.82) is 0 Å². The Balaban J connectivity index is 4.14. The molecule has 0 aromatic rings. The summed E-state index contributed by atoms with van der Waals surface area (Å²) in [5, 5.41) is 0.262. The van der Waals surface area contributed by atoms with Gasteiger partial charge in [0.15, 0.2) is 0 Å². The van der Waals surface area contributed by atoms with Crippen LogP contribution in [0.25, 0.3) is 0 Å². The van der Waals surface area contributed by atoms with Crippen molar-refractivity contribution in [3.63, 3.8) is 0 Å². The Bertz CT molecular complexity index is 178. The summed E-state index contributed by atoms with van der Waals surface area (Å²) in [6.45, 7) is 0. The normalized spacial score (nSPS) is 17.1. The maximum atomic E-state index is 12.6. The summed E-state index contributed by atoms with van der Waals surface area (Å²) < 4.78 is 36.6. The Kier molecular flexibility index (Phi) is 3.65. The van der Waals surface area contributed by atoms with E-state index in [-0.39, 0.29) is 0 Å². The third-order valence-corrected chi connectivity index (χ3v) is 1.89. The molecule has 12 heavy (non-hydrogen) atoms. The highest BCUT2D eigenvalue weighted by Crippen LogP contribution is 2.42. The second-order valence-corrected chi connectivity index (χ2v) is 3.17. The van der Waals surface area contributed by atoms with Crippen molar-refractivity contribution >= 4 is 29.2 Å². The molecule has 2 nitrogen and oxygen atoms in total. The van der Waals surface area contributed by atoms with E-state index in [1.54, 1.807) is 0 Å². The van der Waals surface area contributed by atoms with E-state index in [0.29, 0.717) is 0 Å². The van der Waals surface area contributed by atoms with Crippen LogP contribution in [0.5, 0.6) is 0 Å². The van der Waals surface area contributed by atoms with Crippen LogP contribution in [-0.4, -0.2) is 21.6 Å². The molecular weight excluding hydrogens is 220 g/mol. The van der Waals surface area contributed by atoms with E-state index in [4.69, 9.17) is 5.11 Å². The van der Waals surface area contributed by atoms with E-state index in [9.17, 15) is 18.0 Å². The van der Waals surface area contributed by atoms with E-state index in [1.165, 1.54) is 0 Å². The summed E-state index contributed by atoms with van der Waals surface area (Å²) in [4.78, 5) is 9.86. The molecule has 7 heteroatoms. The summed E-state index contributed by atoms with van der Waals surface area (Å²) in [6.07, 6.45) is -1.84. The third-order valence-electron chi connectivity index (χ3n) is 1.07. The van der Waals surface area contributed by atoms with Crippen LogP contribution in [0.2, 0.25) is 0 Å². The molecule has 0 aliphatic rings. The molecule has 1 N–H and O–H groups in total. The van der Waals surface area contributed by atoms with Gasteiger partial charge < -0.3 is 5.11 Å². The molecule has 1 unspecified atom stereocenters. The van der Waals surface area contributed by atoms with E-state index in [1.807, 2.05) is 0 Å². The van der Waals surface area contributed by atoms with E-state index in [0.717, 1.165) is 0 Å². The van der Waals surface area contributed by atoms with Gasteiger partial charge in [-0.3, -0.25) is 4.79 Å². The van der Waals surface area contributed by atoms with Crippen LogP contribution >= 0.6 is 23.2 Å². The van der Waals surface area contributed by atoms with Crippen molar-refractivity contribution in [3.05, 3.63) is 0 Å².